The van der Waals surface area contributed by atoms with Crippen LogP contribution < -0.4 is 10.5 Å². The Morgan fingerprint density at radius 2 is 1.65 bits per heavy atom. The standard InChI is InChI=1S/C13H8Cl3F3N2O.ClH/c14-8-5-21-12(16)10(15)9(8)11(20)6-1-3-7(4-2-6)22-13(17,18)19;/h1-5,11H,20H2;1H/t11-;/m0./s1. The number of halogens is 7. The topological polar surface area (TPSA) is 48.1 Å². The Morgan fingerprint density at radius 1 is 1.09 bits per heavy atom. The second kappa shape index (κ2) is 7.77. The second-order valence-corrected chi connectivity index (χ2v) is 5.36. The van der Waals surface area contributed by atoms with E-state index < -0.39 is 12.4 Å². The van der Waals surface area contributed by atoms with Crippen molar-refractivity contribution in [3.05, 3.63) is 56.8 Å². The second-order valence-electron chi connectivity index (χ2n) is 4.22. The van der Waals surface area contributed by atoms with Crippen LogP contribution in [0.15, 0.2) is 30.5 Å². The molecule has 1 heterocycles. The van der Waals surface area contributed by atoms with Crippen molar-refractivity contribution in [1.82, 2.24) is 4.98 Å². The molecule has 10 heteroatoms. The maximum absolute atomic E-state index is 12.1. The molecule has 1 aromatic heterocycles. The van der Waals surface area contributed by atoms with Gasteiger partial charge in [-0.15, -0.1) is 25.6 Å². The summed E-state index contributed by atoms with van der Waals surface area (Å²) in [6, 6.07) is 4.28. The van der Waals surface area contributed by atoms with Crippen LogP contribution in [0.5, 0.6) is 5.75 Å². The maximum atomic E-state index is 12.1. The average molecular weight is 408 g/mol. The van der Waals surface area contributed by atoms with Gasteiger partial charge in [-0.05, 0) is 17.7 Å². The Labute approximate surface area is 150 Å². The van der Waals surface area contributed by atoms with Crippen LogP contribution in [0, 0.1) is 0 Å². The average Bonchev–Trinajstić information content (AvgIpc) is 2.42. The maximum Gasteiger partial charge on any atom is 0.573 e. The minimum Gasteiger partial charge on any atom is -0.406 e. The fourth-order valence-electron chi connectivity index (χ4n) is 1.78. The van der Waals surface area contributed by atoms with E-state index in [9.17, 15) is 13.2 Å². The van der Waals surface area contributed by atoms with Crippen LogP contribution in [0.4, 0.5) is 13.2 Å². The molecule has 0 fully saturated rings. The van der Waals surface area contributed by atoms with Gasteiger partial charge in [-0.2, -0.15) is 0 Å². The van der Waals surface area contributed by atoms with Crippen LogP contribution in [-0.2, 0) is 0 Å². The molecular weight excluding hydrogens is 399 g/mol. The van der Waals surface area contributed by atoms with Crippen molar-refractivity contribution in [3.63, 3.8) is 0 Å². The highest BCUT2D eigenvalue weighted by Gasteiger charge is 2.31. The van der Waals surface area contributed by atoms with E-state index in [1.807, 2.05) is 0 Å². The van der Waals surface area contributed by atoms with Crippen LogP contribution in [-0.4, -0.2) is 11.3 Å². The number of nitrogens with zero attached hydrogens (tertiary/aromatic N) is 1. The van der Waals surface area contributed by atoms with Crippen LogP contribution in [0.25, 0.3) is 0 Å². The van der Waals surface area contributed by atoms with E-state index in [1.54, 1.807) is 0 Å². The molecule has 0 saturated heterocycles. The molecule has 0 radical (unpaired) electrons. The summed E-state index contributed by atoms with van der Waals surface area (Å²) in [5.41, 5.74) is 6.87. The van der Waals surface area contributed by atoms with Gasteiger partial charge in [0, 0.05) is 11.8 Å². The highest BCUT2D eigenvalue weighted by atomic mass is 35.5. The first-order valence-corrected chi connectivity index (χ1v) is 6.93. The predicted octanol–water partition coefficient (Wildman–Crippen LogP) is 5.41. The highest BCUT2D eigenvalue weighted by molar-refractivity contribution is 6.43. The first-order valence-electron chi connectivity index (χ1n) is 5.79. The lowest BCUT2D eigenvalue weighted by Gasteiger charge is -2.17. The smallest absolute Gasteiger partial charge is 0.406 e. The Bertz CT molecular complexity index is 680. The van der Waals surface area contributed by atoms with Crippen LogP contribution >= 0.6 is 47.2 Å². The predicted molar refractivity (Wildman–Crippen MR) is 85.7 cm³/mol. The number of nitrogens with two attached hydrogens (primary N) is 1. The van der Waals surface area contributed by atoms with Gasteiger partial charge in [0.25, 0.3) is 0 Å². The van der Waals surface area contributed by atoms with E-state index in [0.29, 0.717) is 11.1 Å². The largest absolute Gasteiger partial charge is 0.573 e. The van der Waals surface area contributed by atoms with Crippen LogP contribution in [0.3, 0.4) is 0 Å². The fraction of sp³-hybridized carbons (Fsp3) is 0.154. The first-order chi connectivity index (χ1) is 10.2. The van der Waals surface area contributed by atoms with E-state index >= 15 is 0 Å². The van der Waals surface area contributed by atoms with Crippen molar-refractivity contribution in [2.45, 2.75) is 12.4 Å². The molecular formula is C13H9Cl4F3N2O. The number of alkyl halides is 3. The summed E-state index contributed by atoms with van der Waals surface area (Å²) >= 11 is 17.8. The molecule has 0 bridgehead atoms. The minimum atomic E-state index is -4.76. The number of hydrogen-bond acceptors (Lipinski definition) is 3. The highest BCUT2D eigenvalue weighted by Crippen LogP contribution is 2.36. The number of hydrogen-bond donors (Lipinski definition) is 1. The third-order valence-electron chi connectivity index (χ3n) is 2.75. The first kappa shape index (κ1) is 20.1. The van der Waals surface area contributed by atoms with Crippen molar-refractivity contribution in [3.8, 4) is 5.75 Å². The lowest BCUT2D eigenvalue weighted by atomic mass is 10.0. The summed E-state index contributed by atoms with van der Waals surface area (Å²) in [6.07, 6.45) is -3.46. The van der Waals surface area contributed by atoms with Gasteiger partial charge >= 0.3 is 6.36 Å². The van der Waals surface area contributed by atoms with Gasteiger partial charge in [0.1, 0.15) is 10.9 Å². The molecule has 1 atom stereocenters. The zero-order chi connectivity index (χ0) is 16.5. The molecule has 0 saturated carbocycles. The summed E-state index contributed by atoms with van der Waals surface area (Å²) in [4.78, 5) is 3.77. The molecule has 0 amide bonds. The fourth-order valence-corrected chi connectivity index (χ4v) is 2.51. The van der Waals surface area contributed by atoms with Crippen LogP contribution in [0.2, 0.25) is 15.2 Å². The number of pyridine rings is 1. The Balaban J connectivity index is 0.00000264. The van der Waals surface area contributed by atoms with Crippen molar-refractivity contribution in [2.24, 2.45) is 5.73 Å². The SMILES string of the molecule is Cl.N[C@@H](c1ccc(OC(F)(F)F)cc1)c1c(Cl)cnc(Cl)c1Cl. The van der Waals surface area contributed by atoms with Gasteiger partial charge in [-0.3, -0.25) is 0 Å². The molecule has 3 nitrogen and oxygen atoms in total. The molecule has 0 aliphatic carbocycles. The van der Waals surface area contributed by atoms with Crippen molar-refractivity contribution >= 4 is 47.2 Å². The lowest BCUT2D eigenvalue weighted by Crippen LogP contribution is -2.17. The van der Waals surface area contributed by atoms with Gasteiger partial charge < -0.3 is 10.5 Å². The summed E-state index contributed by atoms with van der Waals surface area (Å²) < 4.78 is 40.1. The zero-order valence-corrected chi connectivity index (χ0v) is 14.2. The number of rotatable bonds is 3. The van der Waals surface area contributed by atoms with E-state index in [4.69, 9.17) is 40.5 Å². The van der Waals surface area contributed by atoms with Crippen molar-refractivity contribution < 1.29 is 17.9 Å². The molecule has 126 valence electrons. The molecule has 0 aliphatic rings. The van der Waals surface area contributed by atoms with E-state index in [2.05, 4.69) is 9.72 Å². The minimum absolute atomic E-state index is 0. The van der Waals surface area contributed by atoms with Crippen molar-refractivity contribution in [1.29, 1.82) is 0 Å². The van der Waals surface area contributed by atoms with E-state index in [1.165, 1.54) is 18.3 Å². The molecule has 2 aromatic rings. The molecule has 0 spiro atoms. The molecule has 1 aromatic carbocycles. The summed E-state index contributed by atoms with van der Waals surface area (Å²) in [7, 11) is 0. The quantitative estimate of drug-likeness (QED) is 0.692. The molecule has 0 unspecified atom stereocenters. The number of benzene rings is 1. The Kier molecular flexibility index (Phi) is 6.80. The Hall–Kier alpha value is -0.920. The molecule has 23 heavy (non-hydrogen) atoms. The number of aromatic nitrogens is 1. The van der Waals surface area contributed by atoms with Crippen molar-refractivity contribution in [2.75, 3.05) is 0 Å². The van der Waals surface area contributed by atoms with Gasteiger partial charge in [0.15, 0.2) is 0 Å². The van der Waals surface area contributed by atoms with Gasteiger partial charge in [-0.25, -0.2) is 4.98 Å². The normalized spacial score (nSPS) is 12.5. The zero-order valence-electron chi connectivity index (χ0n) is 11.1. The van der Waals surface area contributed by atoms with Crippen LogP contribution in [0.1, 0.15) is 17.2 Å². The summed E-state index contributed by atoms with van der Waals surface area (Å²) in [6.45, 7) is 0. The van der Waals surface area contributed by atoms with Gasteiger partial charge in [0.05, 0.1) is 16.1 Å². The third kappa shape index (κ3) is 5.02. The molecule has 2 N–H and O–H groups in total. The number of ether oxygens (including phenoxy) is 1. The summed E-state index contributed by atoms with van der Waals surface area (Å²) in [5.74, 6) is -0.353. The van der Waals surface area contributed by atoms with E-state index in [-0.39, 0.29) is 33.4 Å². The Morgan fingerprint density at radius 3 is 2.17 bits per heavy atom. The monoisotopic (exact) mass is 406 g/mol. The lowest BCUT2D eigenvalue weighted by molar-refractivity contribution is -0.274. The van der Waals surface area contributed by atoms with E-state index in [0.717, 1.165) is 12.1 Å². The summed E-state index contributed by atoms with van der Waals surface area (Å²) in [5, 5.41) is 0.336. The van der Waals surface area contributed by atoms with Gasteiger partial charge in [0.2, 0.25) is 0 Å². The molecule has 0 aliphatic heterocycles. The van der Waals surface area contributed by atoms with Gasteiger partial charge in [-0.1, -0.05) is 46.9 Å². The third-order valence-corrected chi connectivity index (χ3v) is 3.82. The molecule has 2 rings (SSSR count).